The summed E-state index contributed by atoms with van der Waals surface area (Å²) in [6, 6.07) is 8.25. The molecular formula is C16H20N2O. The van der Waals surface area contributed by atoms with Crippen LogP contribution < -0.4 is 0 Å². The zero-order valence-electron chi connectivity index (χ0n) is 11.5. The fraction of sp³-hybridized carbons (Fsp3) is 0.438. The third-order valence-corrected chi connectivity index (χ3v) is 4.16. The summed E-state index contributed by atoms with van der Waals surface area (Å²) < 4.78 is 0. The molecule has 0 bridgehead atoms. The first-order valence-corrected chi connectivity index (χ1v) is 7.04. The lowest BCUT2D eigenvalue weighted by molar-refractivity contribution is -0.133. The SMILES string of the molecule is CCN(Cc1c[nH]c2ccccc12)C(=O)[C@@H]1C[C@@H]1C. The number of fused-ring (bicyclic) bond motifs is 1. The van der Waals surface area contributed by atoms with Crippen LogP contribution in [0.1, 0.15) is 25.8 Å². The third kappa shape index (κ3) is 2.25. The number of benzene rings is 1. The lowest BCUT2D eigenvalue weighted by atomic mass is 10.1. The summed E-state index contributed by atoms with van der Waals surface area (Å²) in [5.74, 6) is 1.16. The fourth-order valence-corrected chi connectivity index (χ4v) is 2.71. The van der Waals surface area contributed by atoms with Gasteiger partial charge in [-0.25, -0.2) is 0 Å². The molecule has 1 saturated carbocycles. The first kappa shape index (κ1) is 12.3. The molecule has 1 N–H and O–H groups in total. The van der Waals surface area contributed by atoms with Crippen molar-refractivity contribution in [3.63, 3.8) is 0 Å². The van der Waals surface area contributed by atoms with Gasteiger partial charge in [0.25, 0.3) is 0 Å². The Labute approximate surface area is 113 Å². The first-order chi connectivity index (χ1) is 9.20. The summed E-state index contributed by atoms with van der Waals surface area (Å²) in [6.07, 6.45) is 3.08. The molecule has 1 aliphatic rings. The molecule has 0 spiro atoms. The van der Waals surface area contributed by atoms with E-state index in [9.17, 15) is 4.79 Å². The second-order valence-corrected chi connectivity index (χ2v) is 5.53. The number of amides is 1. The quantitative estimate of drug-likeness (QED) is 0.896. The first-order valence-electron chi connectivity index (χ1n) is 7.04. The molecule has 1 aromatic heterocycles. The zero-order valence-corrected chi connectivity index (χ0v) is 11.5. The number of nitrogens with one attached hydrogen (secondary N) is 1. The number of nitrogens with zero attached hydrogens (tertiary/aromatic N) is 1. The number of carbonyl (C=O) groups is 1. The number of aromatic nitrogens is 1. The van der Waals surface area contributed by atoms with Crippen molar-refractivity contribution >= 4 is 16.8 Å². The Balaban J connectivity index is 1.80. The maximum absolute atomic E-state index is 12.3. The predicted molar refractivity (Wildman–Crippen MR) is 76.7 cm³/mol. The molecule has 1 amide bonds. The predicted octanol–water partition coefficient (Wildman–Crippen LogP) is 3.17. The molecule has 100 valence electrons. The summed E-state index contributed by atoms with van der Waals surface area (Å²) in [5.41, 5.74) is 2.35. The molecule has 19 heavy (non-hydrogen) atoms. The molecule has 0 aliphatic heterocycles. The second-order valence-electron chi connectivity index (χ2n) is 5.53. The average molecular weight is 256 g/mol. The molecule has 3 nitrogen and oxygen atoms in total. The van der Waals surface area contributed by atoms with Gasteiger partial charge >= 0.3 is 0 Å². The van der Waals surface area contributed by atoms with Gasteiger partial charge in [0.05, 0.1) is 0 Å². The number of aromatic amines is 1. The van der Waals surface area contributed by atoms with Crippen molar-refractivity contribution in [2.75, 3.05) is 6.54 Å². The van der Waals surface area contributed by atoms with Gasteiger partial charge < -0.3 is 9.88 Å². The van der Waals surface area contributed by atoms with Crippen LogP contribution in [0.15, 0.2) is 30.5 Å². The lowest BCUT2D eigenvalue weighted by Gasteiger charge is -2.20. The molecule has 3 heteroatoms. The Morgan fingerprint density at radius 1 is 1.42 bits per heavy atom. The number of carbonyl (C=O) groups excluding carboxylic acids is 1. The largest absolute Gasteiger partial charge is 0.361 e. The fourth-order valence-electron chi connectivity index (χ4n) is 2.71. The highest BCUT2D eigenvalue weighted by atomic mass is 16.2. The van der Waals surface area contributed by atoms with Crippen LogP contribution in [0.5, 0.6) is 0 Å². The van der Waals surface area contributed by atoms with Gasteiger partial charge in [0.2, 0.25) is 5.91 Å². The summed E-state index contributed by atoms with van der Waals surface area (Å²) in [4.78, 5) is 17.6. The number of hydrogen-bond acceptors (Lipinski definition) is 1. The number of para-hydroxylation sites is 1. The molecule has 1 aliphatic carbocycles. The maximum atomic E-state index is 12.3. The van der Waals surface area contributed by atoms with Crippen LogP contribution in [-0.2, 0) is 11.3 Å². The van der Waals surface area contributed by atoms with Crippen molar-refractivity contribution in [1.82, 2.24) is 9.88 Å². The van der Waals surface area contributed by atoms with Crippen molar-refractivity contribution in [1.29, 1.82) is 0 Å². The second kappa shape index (κ2) is 4.72. The Morgan fingerprint density at radius 3 is 2.84 bits per heavy atom. The molecule has 1 aromatic carbocycles. The monoisotopic (exact) mass is 256 g/mol. The van der Waals surface area contributed by atoms with Crippen molar-refractivity contribution in [2.45, 2.75) is 26.8 Å². The normalized spacial score (nSPS) is 21.6. The highest BCUT2D eigenvalue weighted by Crippen LogP contribution is 2.39. The van der Waals surface area contributed by atoms with Gasteiger partial charge in [-0.05, 0) is 30.9 Å². The third-order valence-electron chi connectivity index (χ3n) is 4.16. The van der Waals surface area contributed by atoms with Crippen molar-refractivity contribution in [2.24, 2.45) is 11.8 Å². The van der Waals surface area contributed by atoms with E-state index in [4.69, 9.17) is 0 Å². The van der Waals surface area contributed by atoms with Crippen LogP contribution in [-0.4, -0.2) is 22.3 Å². The highest BCUT2D eigenvalue weighted by Gasteiger charge is 2.41. The van der Waals surface area contributed by atoms with E-state index in [1.165, 1.54) is 10.9 Å². The van der Waals surface area contributed by atoms with Crippen LogP contribution in [0.3, 0.4) is 0 Å². The molecule has 0 saturated heterocycles. The summed E-state index contributed by atoms with van der Waals surface area (Å²) >= 11 is 0. The van der Waals surface area contributed by atoms with E-state index in [-0.39, 0.29) is 5.92 Å². The molecule has 1 heterocycles. The molecule has 0 radical (unpaired) electrons. The Hall–Kier alpha value is -1.77. The molecular weight excluding hydrogens is 236 g/mol. The van der Waals surface area contributed by atoms with Gasteiger partial charge in [-0.3, -0.25) is 4.79 Å². The summed E-state index contributed by atoms with van der Waals surface area (Å²) in [5, 5.41) is 1.22. The van der Waals surface area contributed by atoms with E-state index < -0.39 is 0 Å². The molecule has 0 unspecified atom stereocenters. The van der Waals surface area contributed by atoms with Gasteiger partial charge in [0.1, 0.15) is 0 Å². The van der Waals surface area contributed by atoms with Crippen LogP contribution in [0.2, 0.25) is 0 Å². The van der Waals surface area contributed by atoms with E-state index in [2.05, 4.69) is 31.0 Å². The number of H-pyrrole nitrogens is 1. The number of rotatable bonds is 4. The van der Waals surface area contributed by atoms with Gasteiger partial charge in [0, 0.05) is 36.1 Å². The smallest absolute Gasteiger partial charge is 0.226 e. The van der Waals surface area contributed by atoms with Crippen molar-refractivity contribution < 1.29 is 4.79 Å². The molecule has 1 fully saturated rings. The van der Waals surface area contributed by atoms with Gasteiger partial charge in [0.15, 0.2) is 0 Å². The van der Waals surface area contributed by atoms with Crippen molar-refractivity contribution in [3.8, 4) is 0 Å². The number of hydrogen-bond donors (Lipinski definition) is 1. The van der Waals surface area contributed by atoms with Gasteiger partial charge in [-0.15, -0.1) is 0 Å². The zero-order chi connectivity index (χ0) is 13.4. The van der Waals surface area contributed by atoms with Gasteiger partial charge in [-0.1, -0.05) is 25.1 Å². The minimum Gasteiger partial charge on any atom is -0.361 e. The van der Waals surface area contributed by atoms with E-state index in [0.717, 1.165) is 18.5 Å². The highest BCUT2D eigenvalue weighted by molar-refractivity contribution is 5.85. The van der Waals surface area contributed by atoms with Gasteiger partial charge in [-0.2, -0.15) is 0 Å². The molecule has 2 atom stereocenters. The van der Waals surface area contributed by atoms with Crippen LogP contribution >= 0.6 is 0 Å². The van der Waals surface area contributed by atoms with E-state index >= 15 is 0 Å². The Morgan fingerprint density at radius 2 is 2.16 bits per heavy atom. The minimum atomic E-state index is 0.269. The van der Waals surface area contributed by atoms with E-state index in [0.29, 0.717) is 18.4 Å². The lowest BCUT2D eigenvalue weighted by Crippen LogP contribution is -2.31. The van der Waals surface area contributed by atoms with Crippen LogP contribution in [0.4, 0.5) is 0 Å². The topological polar surface area (TPSA) is 36.1 Å². The summed E-state index contributed by atoms with van der Waals surface area (Å²) in [6.45, 7) is 5.70. The van der Waals surface area contributed by atoms with Crippen LogP contribution in [0.25, 0.3) is 10.9 Å². The van der Waals surface area contributed by atoms with Crippen LogP contribution in [0, 0.1) is 11.8 Å². The Kier molecular flexibility index (Phi) is 3.05. The summed E-state index contributed by atoms with van der Waals surface area (Å²) in [7, 11) is 0. The van der Waals surface area contributed by atoms with E-state index in [1.807, 2.05) is 23.2 Å². The van der Waals surface area contributed by atoms with Crippen molar-refractivity contribution in [3.05, 3.63) is 36.0 Å². The Bertz CT molecular complexity index is 602. The molecule has 2 aromatic rings. The average Bonchev–Trinajstić information content (AvgIpc) is 3.02. The maximum Gasteiger partial charge on any atom is 0.226 e. The standard InChI is InChI=1S/C16H20N2O/c1-3-18(16(19)14-8-11(14)2)10-12-9-17-15-7-5-4-6-13(12)15/h4-7,9,11,14,17H,3,8,10H2,1-2H3/t11-,14+/m0/s1. The van der Waals surface area contributed by atoms with E-state index in [1.54, 1.807) is 0 Å². The minimum absolute atomic E-state index is 0.269. The molecule has 3 rings (SSSR count).